The number of pyridine rings is 1. The Bertz CT molecular complexity index is 1190. The van der Waals surface area contributed by atoms with E-state index in [4.69, 9.17) is 12.3 Å². The second-order valence-corrected chi connectivity index (χ2v) is 6.54. The summed E-state index contributed by atoms with van der Waals surface area (Å²) >= 11 is 0. The Hall–Kier alpha value is -3.48. The van der Waals surface area contributed by atoms with Gasteiger partial charge in [-0.05, 0) is 42.5 Å². The zero-order valence-electron chi connectivity index (χ0n) is 15.3. The molecule has 0 atom stereocenters. The minimum absolute atomic E-state index is 0.157. The van der Waals surface area contributed by atoms with E-state index in [0.717, 1.165) is 10.9 Å². The third kappa shape index (κ3) is 3.27. The molecular formula is C21H15BFN3O2. The summed E-state index contributed by atoms with van der Waals surface area (Å²) in [6, 6.07) is 14.9. The van der Waals surface area contributed by atoms with Crippen LogP contribution in [0.2, 0.25) is 0 Å². The van der Waals surface area contributed by atoms with Gasteiger partial charge in [-0.2, -0.15) is 0 Å². The fourth-order valence-corrected chi connectivity index (χ4v) is 2.88. The molecule has 4 rings (SSSR count). The Kier molecular flexibility index (Phi) is 4.43. The van der Waals surface area contributed by atoms with E-state index in [-0.39, 0.29) is 17.4 Å². The standard InChI is InChI=1S/C21H15BFN3O2/c1-26(2)21(27)17-10-5-13-11-14(6-9-16(13)24-17)18-19(22)28-20(25-18)12-3-7-15(23)8-4-12/h3-11H,1-2H3. The van der Waals surface area contributed by atoms with E-state index in [0.29, 0.717) is 28.4 Å². The van der Waals surface area contributed by atoms with E-state index in [1.165, 1.54) is 17.0 Å². The number of oxazole rings is 1. The zero-order valence-corrected chi connectivity index (χ0v) is 15.3. The molecule has 28 heavy (non-hydrogen) atoms. The molecule has 0 unspecified atom stereocenters. The van der Waals surface area contributed by atoms with Gasteiger partial charge < -0.3 is 9.32 Å². The lowest BCUT2D eigenvalue weighted by Crippen LogP contribution is -2.22. The van der Waals surface area contributed by atoms with E-state index in [2.05, 4.69) is 9.97 Å². The van der Waals surface area contributed by atoms with Gasteiger partial charge in [-0.25, -0.2) is 14.4 Å². The van der Waals surface area contributed by atoms with Crippen molar-refractivity contribution in [3.05, 3.63) is 66.1 Å². The van der Waals surface area contributed by atoms with Crippen molar-refractivity contribution in [3.63, 3.8) is 0 Å². The van der Waals surface area contributed by atoms with Crippen molar-refractivity contribution in [2.45, 2.75) is 0 Å². The van der Waals surface area contributed by atoms with E-state index in [9.17, 15) is 9.18 Å². The molecule has 2 aromatic carbocycles. The van der Waals surface area contributed by atoms with Crippen LogP contribution in [0.15, 0.2) is 59.0 Å². The fourth-order valence-electron chi connectivity index (χ4n) is 2.88. The predicted octanol–water partition coefficient (Wildman–Crippen LogP) is 3.19. The lowest BCUT2D eigenvalue weighted by Gasteiger charge is -2.10. The summed E-state index contributed by atoms with van der Waals surface area (Å²) < 4.78 is 18.7. The number of hydrogen-bond acceptors (Lipinski definition) is 4. The van der Waals surface area contributed by atoms with Gasteiger partial charge in [-0.3, -0.25) is 4.79 Å². The summed E-state index contributed by atoms with van der Waals surface area (Å²) in [6.07, 6.45) is 0. The first kappa shape index (κ1) is 17.9. The van der Waals surface area contributed by atoms with Crippen LogP contribution in [0.1, 0.15) is 10.5 Å². The van der Waals surface area contributed by atoms with E-state index in [1.807, 2.05) is 24.3 Å². The summed E-state index contributed by atoms with van der Waals surface area (Å²) in [5.41, 5.74) is 3.13. The Morgan fingerprint density at radius 2 is 1.71 bits per heavy atom. The molecule has 0 aliphatic carbocycles. The highest BCUT2D eigenvalue weighted by molar-refractivity contribution is 6.33. The second-order valence-electron chi connectivity index (χ2n) is 6.54. The summed E-state index contributed by atoms with van der Waals surface area (Å²) in [6.45, 7) is 0. The third-order valence-electron chi connectivity index (χ3n) is 4.33. The average molecular weight is 371 g/mol. The first-order valence-electron chi connectivity index (χ1n) is 8.57. The molecule has 0 saturated heterocycles. The van der Waals surface area contributed by atoms with Crippen molar-refractivity contribution in [2.75, 3.05) is 14.1 Å². The molecule has 0 saturated carbocycles. The number of halogens is 1. The molecule has 1 amide bonds. The van der Waals surface area contributed by atoms with Gasteiger partial charge >= 0.3 is 0 Å². The van der Waals surface area contributed by atoms with Gasteiger partial charge in [0, 0.05) is 30.6 Å². The summed E-state index contributed by atoms with van der Waals surface area (Å²) in [5.74, 6) is -0.175. The zero-order chi connectivity index (χ0) is 19.8. The highest BCUT2D eigenvalue weighted by atomic mass is 19.1. The van der Waals surface area contributed by atoms with Gasteiger partial charge in [0.15, 0.2) is 7.85 Å². The molecule has 7 heteroatoms. The lowest BCUT2D eigenvalue weighted by atomic mass is 9.98. The highest BCUT2D eigenvalue weighted by Crippen LogP contribution is 2.25. The summed E-state index contributed by atoms with van der Waals surface area (Å²) in [7, 11) is 9.38. The van der Waals surface area contributed by atoms with Crippen LogP contribution in [0.3, 0.4) is 0 Å². The van der Waals surface area contributed by atoms with Crippen molar-refractivity contribution in [1.82, 2.24) is 14.9 Å². The van der Waals surface area contributed by atoms with Crippen LogP contribution in [0.25, 0.3) is 33.6 Å². The van der Waals surface area contributed by atoms with Crippen molar-refractivity contribution in [2.24, 2.45) is 0 Å². The molecular weight excluding hydrogens is 356 g/mol. The molecule has 2 aromatic heterocycles. The highest BCUT2D eigenvalue weighted by Gasteiger charge is 2.15. The molecule has 0 aliphatic heterocycles. The van der Waals surface area contributed by atoms with Crippen molar-refractivity contribution >= 4 is 30.3 Å². The van der Waals surface area contributed by atoms with Gasteiger partial charge in [0.05, 0.1) is 11.2 Å². The molecule has 136 valence electrons. The predicted molar refractivity (Wildman–Crippen MR) is 106 cm³/mol. The number of hydrogen-bond donors (Lipinski definition) is 0. The normalized spacial score (nSPS) is 11.0. The number of carbonyl (C=O) groups excluding carboxylic acids is 1. The maximum absolute atomic E-state index is 13.1. The smallest absolute Gasteiger partial charge is 0.271 e. The van der Waals surface area contributed by atoms with Crippen molar-refractivity contribution in [1.29, 1.82) is 0 Å². The Morgan fingerprint density at radius 3 is 2.43 bits per heavy atom. The molecule has 0 spiro atoms. The number of aromatic nitrogens is 2. The average Bonchev–Trinajstić information content (AvgIpc) is 3.08. The Labute approximate surface area is 162 Å². The number of amides is 1. The second kappa shape index (κ2) is 6.92. The van der Waals surface area contributed by atoms with Crippen LogP contribution in [0.4, 0.5) is 4.39 Å². The molecule has 0 aliphatic rings. The van der Waals surface area contributed by atoms with Gasteiger partial charge in [-0.15, -0.1) is 0 Å². The molecule has 5 nitrogen and oxygen atoms in total. The molecule has 4 aromatic rings. The van der Waals surface area contributed by atoms with Crippen LogP contribution in [0, 0.1) is 5.82 Å². The lowest BCUT2D eigenvalue weighted by molar-refractivity contribution is 0.0822. The topological polar surface area (TPSA) is 59.2 Å². The Balaban J connectivity index is 1.72. The largest absolute Gasteiger partial charge is 0.453 e. The number of benzene rings is 2. The summed E-state index contributed by atoms with van der Waals surface area (Å²) in [4.78, 5) is 22.4. The van der Waals surface area contributed by atoms with Crippen LogP contribution in [0.5, 0.6) is 0 Å². The van der Waals surface area contributed by atoms with Crippen LogP contribution in [-0.2, 0) is 0 Å². The number of rotatable bonds is 3. The van der Waals surface area contributed by atoms with Gasteiger partial charge in [0.25, 0.3) is 5.91 Å². The minimum atomic E-state index is -0.336. The molecule has 0 bridgehead atoms. The fraction of sp³-hybridized carbons (Fsp3) is 0.0952. The van der Waals surface area contributed by atoms with Gasteiger partial charge in [-0.1, -0.05) is 12.1 Å². The van der Waals surface area contributed by atoms with Gasteiger partial charge in [0.2, 0.25) is 5.89 Å². The number of carbonyl (C=O) groups is 1. The number of nitrogens with zero attached hydrogens (tertiary/aromatic N) is 3. The number of fused-ring (bicyclic) bond motifs is 1. The maximum Gasteiger partial charge on any atom is 0.271 e. The first-order valence-corrected chi connectivity index (χ1v) is 8.57. The molecule has 2 radical (unpaired) electrons. The molecule has 2 heterocycles. The van der Waals surface area contributed by atoms with E-state index < -0.39 is 0 Å². The minimum Gasteiger partial charge on any atom is -0.453 e. The molecule has 0 fully saturated rings. The van der Waals surface area contributed by atoms with E-state index >= 15 is 0 Å². The van der Waals surface area contributed by atoms with Gasteiger partial charge in [0.1, 0.15) is 17.2 Å². The molecule has 0 N–H and O–H groups in total. The van der Waals surface area contributed by atoms with Crippen molar-refractivity contribution in [3.8, 4) is 22.7 Å². The maximum atomic E-state index is 13.1. The van der Waals surface area contributed by atoms with Crippen LogP contribution >= 0.6 is 0 Å². The van der Waals surface area contributed by atoms with Crippen molar-refractivity contribution < 1.29 is 13.6 Å². The SMILES string of the molecule is [B]c1oc(-c2ccc(F)cc2)nc1-c1ccc2nc(C(=O)N(C)C)ccc2c1. The van der Waals surface area contributed by atoms with Crippen LogP contribution in [-0.4, -0.2) is 42.7 Å². The monoisotopic (exact) mass is 371 g/mol. The first-order chi connectivity index (χ1) is 13.4. The quantitative estimate of drug-likeness (QED) is 0.519. The Morgan fingerprint density at radius 1 is 1.00 bits per heavy atom. The van der Waals surface area contributed by atoms with Crippen LogP contribution < -0.4 is 5.66 Å². The third-order valence-corrected chi connectivity index (χ3v) is 4.33. The summed E-state index contributed by atoms with van der Waals surface area (Å²) in [5, 5.41) is 0.846. The van der Waals surface area contributed by atoms with E-state index in [1.54, 1.807) is 32.3 Å².